The normalized spacial score (nSPS) is 17.8. The van der Waals surface area contributed by atoms with Crippen LogP contribution in [0.4, 0.5) is 26.3 Å². The minimum atomic E-state index is -4.55. The molecule has 0 radical (unpaired) electrons. The minimum Gasteiger partial charge on any atom is -0.325 e. The fourth-order valence-corrected chi connectivity index (χ4v) is 5.32. The van der Waals surface area contributed by atoms with Gasteiger partial charge in [-0.3, -0.25) is 13.9 Å². The summed E-state index contributed by atoms with van der Waals surface area (Å²) < 4.78 is 83.9. The standard InChI is InChI=1S/C26H23F6N5O/c1-4-15-11-16-23(34-35(3)24(16)13-8-17(27)22(29)18(28)9-13)19(5-2)37(15)25(38)20-12-33-21-10-14(26(30,31)32)6-7-36(20)21/h6-10,12,15,19H,4-5,11H2,1-3H3/t15-,19+/m0/s1. The number of alkyl halides is 3. The largest absolute Gasteiger partial charge is 0.416 e. The first-order chi connectivity index (χ1) is 18.0. The molecule has 1 aliphatic rings. The zero-order chi connectivity index (χ0) is 27.5. The van der Waals surface area contributed by atoms with Crippen molar-refractivity contribution in [3.8, 4) is 11.3 Å². The van der Waals surface area contributed by atoms with Gasteiger partial charge in [-0.2, -0.15) is 18.3 Å². The van der Waals surface area contributed by atoms with Gasteiger partial charge in [0.15, 0.2) is 17.5 Å². The number of halogens is 6. The highest BCUT2D eigenvalue weighted by molar-refractivity contribution is 5.94. The second-order valence-corrected chi connectivity index (χ2v) is 9.28. The van der Waals surface area contributed by atoms with E-state index in [0.717, 1.165) is 24.3 Å². The molecular formula is C26H23F6N5O. The quantitative estimate of drug-likeness (QED) is 0.235. The number of pyridine rings is 1. The first kappa shape index (κ1) is 25.8. The monoisotopic (exact) mass is 535 g/mol. The summed E-state index contributed by atoms with van der Waals surface area (Å²) in [6, 6.07) is 2.74. The Bertz CT molecular complexity index is 1530. The number of amides is 1. The highest BCUT2D eigenvalue weighted by atomic mass is 19.4. The van der Waals surface area contributed by atoms with Gasteiger partial charge in [0.05, 0.1) is 29.2 Å². The Morgan fingerprint density at radius 1 is 1.08 bits per heavy atom. The Labute approximate surface area is 213 Å². The fourth-order valence-electron chi connectivity index (χ4n) is 5.32. The first-order valence-corrected chi connectivity index (χ1v) is 12.0. The van der Waals surface area contributed by atoms with Crippen molar-refractivity contribution < 1.29 is 31.1 Å². The maximum absolute atomic E-state index is 14.1. The molecule has 12 heteroatoms. The van der Waals surface area contributed by atoms with Gasteiger partial charge < -0.3 is 4.90 Å². The van der Waals surface area contributed by atoms with Crippen molar-refractivity contribution >= 4 is 11.6 Å². The van der Waals surface area contributed by atoms with Gasteiger partial charge in [-0.25, -0.2) is 18.2 Å². The van der Waals surface area contributed by atoms with Crippen LogP contribution in [-0.4, -0.2) is 36.0 Å². The number of imidazole rings is 1. The average molecular weight is 535 g/mol. The van der Waals surface area contributed by atoms with Crippen molar-refractivity contribution in [3.05, 3.63) is 76.6 Å². The third-order valence-corrected chi connectivity index (χ3v) is 7.07. The van der Waals surface area contributed by atoms with E-state index in [2.05, 4.69) is 10.1 Å². The first-order valence-electron chi connectivity index (χ1n) is 12.0. The molecule has 5 rings (SSSR count). The highest BCUT2D eigenvalue weighted by Gasteiger charge is 2.41. The van der Waals surface area contributed by atoms with Gasteiger partial charge in [-0.15, -0.1) is 0 Å². The van der Waals surface area contributed by atoms with E-state index >= 15 is 0 Å². The molecule has 0 saturated carbocycles. The molecule has 1 amide bonds. The number of hydrogen-bond acceptors (Lipinski definition) is 3. The Hall–Kier alpha value is -3.83. The lowest BCUT2D eigenvalue weighted by Gasteiger charge is -2.41. The summed E-state index contributed by atoms with van der Waals surface area (Å²) in [4.78, 5) is 19.6. The molecule has 3 aromatic heterocycles. The summed E-state index contributed by atoms with van der Waals surface area (Å²) in [6.07, 6.45) is -0.835. The Morgan fingerprint density at radius 2 is 1.76 bits per heavy atom. The van der Waals surface area contributed by atoms with Crippen LogP contribution in [0.5, 0.6) is 0 Å². The Kier molecular flexibility index (Phi) is 6.23. The van der Waals surface area contributed by atoms with Crippen molar-refractivity contribution in [1.82, 2.24) is 24.1 Å². The molecule has 200 valence electrons. The zero-order valence-corrected chi connectivity index (χ0v) is 20.7. The number of hydrogen-bond donors (Lipinski definition) is 0. The topological polar surface area (TPSA) is 55.4 Å². The van der Waals surface area contributed by atoms with Gasteiger partial charge in [0.1, 0.15) is 11.3 Å². The number of rotatable bonds is 4. The van der Waals surface area contributed by atoms with Crippen molar-refractivity contribution in [1.29, 1.82) is 0 Å². The van der Waals surface area contributed by atoms with E-state index in [0.29, 0.717) is 36.2 Å². The Balaban J connectivity index is 1.59. The number of aryl methyl sites for hydroxylation is 1. The van der Waals surface area contributed by atoms with Crippen LogP contribution in [0.15, 0.2) is 36.7 Å². The number of benzene rings is 1. The van der Waals surface area contributed by atoms with Crippen LogP contribution in [0.1, 0.15) is 60.0 Å². The zero-order valence-electron chi connectivity index (χ0n) is 20.7. The van der Waals surface area contributed by atoms with Crippen molar-refractivity contribution in [2.24, 2.45) is 7.05 Å². The molecule has 0 unspecified atom stereocenters. The van der Waals surface area contributed by atoms with Crippen LogP contribution in [-0.2, 0) is 19.6 Å². The Morgan fingerprint density at radius 3 is 2.37 bits per heavy atom. The van der Waals surface area contributed by atoms with Gasteiger partial charge in [0, 0.05) is 30.4 Å². The molecular weight excluding hydrogens is 512 g/mol. The van der Waals surface area contributed by atoms with Gasteiger partial charge in [0.2, 0.25) is 0 Å². The average Bonchev–Trinajstić information content (AvgIpc) is 3.44. The fraction of sp³-hybridized carbons (Fsp3) is 0.346. The molecule has 0 saturated heterocycles. The van der Waals surface area contributed by atoms with E-state index in [-0.39, 0.29) is 22.9 Å². The maximum Gasteiger partial charge on any atom is 0.416 e. The van der Waals surface area contributed by atoms with Crippen LogP contribution in [0.25, 0.3) is 16.9 Å². The molecule has 0 fully saturated rings. The molecule has 0 aliphatic carbocycles. The molecule has 4 heterocycles. The molecule has 6 nitrogen and oxygen atoms in total. The SMILES string of the molecule is CC[C@H]1Cc2c(nn(C)c2-c2cc(F)c(F)c(F)c2)[C@@H](CC)N1C(=O)c1cnc2cc(C(F)(F)F)ccn12. The third-order valence-electron chi connectivity index (χ3n) is 7.07. The summed E-state index contributed by atoms with van der Waals surface area (Å²) in [5.74, 6) is -4.62. The predicted octanol–water partition coefficient (Wildman–Crippen LogP) is 6.10. The molecule has 0 spiro atoms. The lowest BCUT2D eigenvalue weighted by Crippen LogP contribution is -2.47. The molecule has 1 aromatic carbocycles. The van der Waals surface area contributed by atoms with Gasteiger partial charge in [-0.1, -0.05) is 13.8 Å². The summed E-state index contributed by atoms with van der Waals surface area (Å²) >= 11 is 0. The third kappa shape index (κ3) is 4.02. The van der Waals surface area contributed by atoms with Crippen LogP contribution in [0.2, 0.25) is 0 Å². The number of nitrogens with zero attached hydrogens (tertiary/aromatic N) is 5. The number of carbonyl (C=O) groups excluding carboxylic acids is 1. The smallest absolute Gasteiger partial charge is 0.325 e. The molecule has 0 N–H and O–H groups in total. The van der Waals surface area contributed by atoms with E-state index in [9.17, 15) is 31.1 Å². The summed E-state index contributed by atoms with van der Waals surface area (Å²) in [7, 11) is 1.61. The maximum atomic E-state index is 14.1. The van der Waals surface area contributed by atoms with Crippen LogP contribution in [0, 0.1) is 17.5 Å². The van der Waals surface area contributed by atoms with E-state index < -0.39 is 41.1 Å². The second kappa shape index (κ2) is 9.17. The second-order valence-electron chi connectivity index (χ2n) is 9.28. The lowest BCUT2D eigenvalue weighted by molar-refractivity contribution is -0.137. The number of aromatic nitrogens is 4. The number of carbonyl (C=O) groups is 1. The molecule has 0 bridgehead atoms. The molecule has 4 aromatic rings. The van der Waals surface area contributed by atoms with Crippen LogP contribution >= 0.6 is 0 Å². The predicted molar refractivity (Wildman–Crippen MR) is 126 cm³/mol. The van der Waals surface area contributed by atoms with Gasteiger partial charge in [-0.05, 0) is 43.5 Å². The van der Waals surface area contributed by atoms with E-state index in [1.165, 1.54) is 21.5 Å². The molecule has 38 heavy (non-hydrogen) atoms. The minimum absolute atomic E-state index is 0.0116. The lowest BCUT2D eigenvalue weighted by atomic mass is 9.87. The molecule has 2 atom stereocenters. The van der Waals surface area contributed by atoms with Crippen molar-refractivity contribution in [2.45, 2.75) is 51.4 Å². The van der Waals surface area contributed by atoms with E-state index in [1.54, 1.807) is 11.9 Å². The summed E-state index contributed by atoms with van der Waals surface area (Å²) in [6.45, 7) is 3.75. The van der Waals surface area contributed by atoms with Gasteiger partial charge in [0.25, 0.3) is 5.91 Å². The van der Waals surface area contributed by atoms with E-state index in [1.807, 2.05) is 13.8 Å². The summed E-state index contributed by atoms with van der Waals surface area (Å²) in [5.41, 5.74) is 1.02. The van der Waals surface area contributed by atoms with Crippen molar-refractivity contribution in [2.75, 3.05) is 0 Å². The highest BCUT2D eigenvalue weighted by Crippen LogP contribution is 2.41. The van der Waals surface area contributed by atoms with Crippen molar-refractivity contribution in [3.63, 3.8) is 0 Å². The van der Waals surface area contributed by atoms with E-state index in [4.69, 9.17) is 0 Å². The van der Waals surface area contributed by atoms with Gasteiger partial charge >= 0.3 is 6.18 Å². The molecule has 1 aliphatic heterocycles. The summed E-state index contributed by atoms with van der Waals surface area (Å²) in [5, 5.41) is 4.58. The number of fused-ring (bicyclic) bond motifs is 2. The van der Waals surface area contributed by atoms with Crippen LogP contribution < -0.4 is 0 Å². The van der Waals surface area contributed by atoms with Crippen LogP contribution in [0.3, 0.4) is 0 Å².